The van der Waals surface area contributed by atoms with Crippen molar-refractivity contribution >= 4 is 15.9 Å². The standard InChI is InChI=1S/C10H11FN2O2S/c1-7(2)9-10(16(11,14)15)13-6-4-3-5-8(13)12-9/h3-7H,1-2H3. The van der Waals surface area contributed by atoms with Crippen LogP contribution in [0.3, 0.4) is 0 Å². The lowest BCUT2D eigenvalue weighted by atomic mass is 10.2. The lowest BCUT2D eigenvalue weighted by Crippen LogP contribution is -2.02. The van der Waals surface area contributed by atoms with E-state index in [0.717, 1.165) is 0 Å². The van der Waals surface area contributed by atoms with Gasteiger partial charge in [0.25, 0.3) is 0 Å². The van der Waals surface area contributed by atoms with Crippen molar-refractivity contribution in [2.24, 2.45) is 0 Å². The van der Waals surface area contributed by atoms with Gasteiger partial charge in [-0.05, 0) is 18.1 Å². The summed E-state index contributed by atoms with van der Waals surface area (Å²) in [6.07, 6.45) is 1.49. The van der Waals surface area contributed by atoms with Crippen LogP contribution in [0.25, 0.3) is 5.65 Å². The molecule has 0 aromatic carbocycles. The summed E-state index contributed by atoms with van der Waals surface area (Å²) in [6, 6.07) is 5.00. The molecular weight excluding hydrogens is 231 g/mol. The summed E-state index contributed by atoms with van der Waals surface area (Å²) in [6.45, 7) is 3.55. The number of aromatic nitrogens is 2. The summed E-state index contributed by atoms with van der Waals surface area (Å²) in [5.41, 5.74) is 0.691. The monoisotopic (exact) mass is 242 g/mol. The highest BCUT2D eigenvalue weighted by Gasteiger charge is 2.25. The number of pyridine rings is 1. The number of imidazole rings is 1. The maximum atomic E-state index is 13.2. The molecule has 4 nitrogen and oxygen atoms in total. The van der Waals surface area contributed by atoms with E-state index in [1.165, 1.54) is 10.6 Å². The summed E-state index contributed by atoms with van der Waals surface area (Å²) in [4.78, 5) is 4.12. The van der Waals surface area contributed by atoms with Gasteiger partial charge in [-0.1, -0.05) is 23.8 Å². The van der Waals surface area contributed by atoms with Crippen molar-refractivity contribution in [3.05, 3.63) is 30.1 Å². The molecule has 0 aliphatic heterocycles. The van der Waals surface area contributed by atoms with Gasteiger partial charge in [0.2, 0.25) is 0 Å². The molecule has 0 N–H and O–H groups in total. The molecule has 0 aliphatic rings. The summed E-state index contributed by atoms with van der Waals surface area (Å²) in [5.74, 6) is -0.152. The van der Waals surface area contributed by atoms with Gasteiger partial charge in [0.15, 0.2) is 5.03 Å². The van der Waals surface area contributed by atoms with Crippen LogP contribution >= 0.6 is 0 Å². The molecule has 6 heteroatoms. The molecule has 16 heavy (non-hydrogen) atoms. The maximum Gasteiger partial charge on any atom is 0.350 e. The molecule has 0 radical (unpaired) electrons. The van der Waals surface area contributed by atoms with Gasteiger partial charge in [0, 0.05) is 6.20 Å². The molecule has 0 amide bonds. The smallest absolute Gasteiger partial charge is 0.288 e. The second kappa shape index (κ2) is 3.55. The molecule has 0 spiro atoms. The number of nitrogens with zero attached hydrogens (tertiary/aromatic N) is 2. The predicted molar refractivity (Wildman–Crippen MR) is 57.6 cm³/mol. The van der Waals surface area contributed by atoms with Crippen molar-refractivity contribution in [3.63, 3.8) is 0 Å². The quantitative estimate of drug-likeness (QED) is 0.758. The number of hydrogen-bond acceptors (Lipinski definition) is 3. The number of fused-ring (bicyclic) bond motifs is 1. The van der Waals surface area contributed by atoms with Crippen LogP contribution < -0.4 is 0 Å². The van der Waals surface area contributed by atoms with Crippen molar-refractivity contribution in [3.8, 4) is 0 Å². The fourth-order valence-corrected chi connectivity index (χ4v) is 2.53. The molecule has 2 heterocycles. The average molecular weight is 242 g/mol. The Bertz CT molecular complexity index is 631. The zero-order valence-corrected chi connectivity index (χ0v) is 9.70. The second-order valence-corrected chi connectivity index (χ2v) is 5.09. The summed E-state index contributed by atoms with van der Waals surface area (Å²) in [7, 11) is -4.76. The first-order valence-corrected chi connectivity index (χ1v) is 6.21. The Morgan fingerprint density at radius 1 is 1.38 bits per heavy atom. The number of rotatable bonds is 2. The van der Waals surface area contributed by atoms with Gasteiger partial charge in [0.05, 0.1) is 5.69 Å². The van der Waals surface area contributed by atoms with Crippen LogP contribution in [0.4, 0.5) is 3.89 Å². The molecule has 0 fully saturated rings. The molecule has 0 atom stereocenters. The molecule has 2 aromatic heterocycles. The SMILES string of the molecule is CC(C)c1nc2ccccn2c1S(=O)(=O)F. The van der Waals surface area contributed by atoms with Crippen LogP contribution in [0.5, 0.6) is 0 Å². The van der Waals surface area contributed by atoms with Crippen molar-refractivity contribution in [2.45, 2.75) is 24.8 Å². The number of hydrogen-bond donors (Lipinski definition) is 0. The van der Waals surface area contributed by atoms with Gasteiger partial charge >= 0.3 is 10.2 Å². The minimum Gasteiger partial charge on any atom is -0.288 e. The Balaban J connectivity index is 2.91. The Morgan fingerprint density at radius 2 is 2.06 bits per heavy atom. The van der Waals surface area contributed by atoms with Gasteiger partial charge in [-0.25, -0.2) is 4.98 Å². The van der Waals surface area contributed by atoms with E-state index in [0.29, 0.717) is 5.65 Å². The lowest BCUT2D eigenvalue weighted by molar-refractivity contribution is 0.543. The van der Waals surface area contributed by atoms with E-state index in [4.69, 9.17) is 0 Å². The van der Waals surface area contributed by atoms with Gasteiger partial charge in [-0.15, -0.1) is 0 Å². The average Bonchev–Trinajstić information content (AvgIpc) is 2.55. The van der Waals surface area contributed by atoms with Gasteiger partial charge in [-0.2, -0.15) is 8.42 Å². The molecular formula is C10H11FN2O2S. The third-order valence-electron chi connectivity index (χ3n) is 2.29. The normalized spacial score (nSPS) is 12.5. The van der Waals surface area contributed by atoms with E-state index in [1.807, 2.05) is 0 Å². The maximum absolute atomic E-state index is 13.2. The van der Waals surface area contributed by atoms with E-state index in [-0.39, 0.29) is 16.6 Å². The molecule has 2 rings (SSSR count). The fourth-order valence-electron chi connectivity index (χ4n) is 1.61. The molecule has 2 aromatic rings. The van der Waals surface area contributed by atoms with Crippen LogP contribution in [0.1, 0.15) is 25.5 Å². The largest absolute Gasteiger partial charge is 0.350 e. The Morgan fingerprint density at radius 3 is 2.62 bits per heavy atom. The van der Waals surface area contributed by atoms with Crippen LogP contribution in [0.15, 0.2) is 29.4 Å². The van der Waals surface area contributed by atoms with Crippen molar-refractivity contribution in [1.82, 2.24) is 9.38 Å². The lowest BCUT2D eigenvalue weighted by Gasteiger charge is -2.02. The van der Waals surface area contributed by atoms with Crippen LogP contribution in [-0.4, -0.2) is 17.8 Å². The minimum absolute atomic E-state index is 0.152. The Hall–Kier alpha value is -1.43. The predicted octanol–water partition coefficient (Wildman–Crippen LogP) is 2.12. The first-order valence-electron chi connectivity index (χ1n) is 4.83. The highest BCUT2D eigenvalue weighted by Crippen LogP contribution is 2.25. The topological polar surface area (TPSA) is 51.4 Å². The zero-order chi connectivity index (χ0) is 11.9. The van der Waals surface area contributed by atoms with Gasteiger partial charge < -0.3 is 0 Å². The van der Waals surface area contributed by atoms with Crippen LogP contribution in [0, 0.1) is 0 Å². The molecule has 0 aliphatic carbocycles. The number of halogens is 1. The van der Waals surface area contributed by atoms with Crippen molar-refractivity contribution in [2.75, 3.05) is 0 Å². The Kier molecular flexibility index (Phi) is 2.46. The van der Waals surface area contributed by atoms with Gasteiger partial charge in [0.1, 0.15) is 5.65 Å². The third kappa shape index (κ3) is 1.69. The first kappa shape index (κ1) is 11.1. The van der Waals surface area contributed by atoms with Crippen LogP contribution in [0.2, 0.25) is 0 Å². The summed E-state index contributed by atoms with van der Waals surface area (Å²) < 4.78 is 36.7. The highest BCUT2D eigenvalue weighted by atomic mass is 32.3. The van der Waals surface area contributed by atoms with E-state index in [2.05, 4.69) is 4.98 Å². The zero-order valence-electron chi connectivity index (χ0n) is 8.88. The Labute approximate surface area is 93.0 Å². The molecule has 0 saturated carbocycles. The van der Waals surface area contributed by atoms with Crippen molar-refractivity contribution < 1.29 is 12.3 Å². The van der Waals surface area contributed by atoms with E-state index < -0.39 is 10.2 Å². The van der Waals surface area contributed by atoms with E-state index in [9.17, 15) is 12.3 Å². The third-order valence-corrected chi connectivity index (χ3v) is 3.16. The minimum atomic E-state index is -4.76. The van der Waals surface area contributed by atoms with Crippen LogP contribution in [-0.2, 0) is 10.2 Å². The highest BCUT2D eigenvalue weighted by molar-refractivity contribution is 7.86. The molecule has 0 bridgehead atoms. The van der Waals surface area contributed by atoms with E-state index in [1.54, 1.807) is 32.0 Å². The summed E-state index contributed by atoms with van der Waals surface area (Å²) >= 11 is 0. The van der Waals surface area contributed by atoms with E-state index >= 15 is 0 Å². The second-order valence-electron chi connectivity index (χ2n) is 3.82. The first-order chi connectivity index (χ1) is 7.41. The summed E-state index contributed by atoms with van der Waals surface area (Å²) in [5, 5.41) is -0.363. The molecule has 0 unspecified atom stereocenters. The van der Waals surface area contributed by atoms with Crippen molar-refractivity contribution in [1.29, 1.82) is 0 Å². The van der Waals surface area contributed by atoms with Gasteiger partial charge in [-0.3, -0.25) is 4.40 Å². The molecule has 0 saturated heterocycles. The fraction of sp³-hybridized carbons (Fsp3) is 0.300. The molecule has 86 valence electrons.